The average Bonchev–Trinajstić information content (AvgIpc) is 3.34. The van der Waals surface area contributed by atoms with Crippen LogP contribution in [0.1, 0.15) is 71.6 Å². The minimum atomic E-state index is -0.143. The zero-order valence-electron chi connectivity index (χ0n) is 17.8. The van der Waals surface area contributed by atoms with Gasteiger partial charge in [-0.25, -0.2) is 0 Å². The number of carbonyl (C=O) groups is 1. The molecule has 0 bridgehead atoms. The van der Waals surface area contributed by atoms with Gasteiger partial charge in [0.2, 0.25) is 0 Å². The monoisotopic (exact) mass is 401 g/mol. The Morgan fingerprint density at radius 2 is 1.97 bits per heavy atom. The van der Waals surface area contributed by atoms with Gasteiger partial charge in [-0.3, -0.25) is 4.79 Å². The maximum absolute atomic E-state index is 12.6. The van der Waals surface area contributed by atoms with Crippen molar-refractivity contribution in [3.63, 3.8) is 0 Å². The molecule has 0 unspecified atom stereocenters. The smallest absolute Gasteiger partial charge is 0.141 e. The molecule has 0 spiro atoms. The number of hydrogen-bond acceptors (Lipinski definition) is 6. The third kappa shape index (κ3) is 2.96. The van der Waals surface area contributed by atoms with E-state index >= 15 is 0 Å². The van der Waals surface area contributed by atoms with Gasteiger partial charge in [0, 0.05) is 30.7 Å². The summed E-state index contributed by atoms with van der Waals surface area (Å²) < 4.78 is 0. The van der Waals surface area contributed by atoms with Crippen LogP contribution in [0, 0.1) is 34.5 Å². The Labute approximate surface area is 173 Å². The lowest BCUT2D eigenvalue weighted by Gasteiger charge is -2.59. The Hall–Kier alpha value is -1.43. The van der Waals surface area contributed by atoms with Crippen molar-refractivity contribution in [3.8, 4) is 0 Å². The Balaban J connectivity index is 1.38. The van der Waals surface area contributed by atoms with Crippen LogP contribution in [0.2, 0.25) is 0 Å². The topological polar surface area (TPSA) is 83.3 Å². The van der Waals surface area contributed by atoms with E-state index in [4.69, 9.17) is 4.84 Å². The van der Waals surface area contributed by atoms with Crippen molar-refractivity contribution < 1.29 is 14.8 Å². The first-order chi connectivity index (χ1) is 14.0. The highest BCUT2D eigenvalue weighted by atomic mass is 16.6. The number of carbonyl (C=O) groups excluding carboxylic acids is 1. The third-order valence-electron chi connectivity index (χ3n) is 9.50. The highest BCUT2D eigenvalue weighted by Gasteiger charge is 2.61. The summed E-state index contributed by atoms with van der Waals surface area (Å²) in [7, 11) is 0. The van der Waals surface area contributed by atoms with Crippen LogP contribution in [0.15, 0.2) is 10.3 Å². The summed E-state index contributed by atoms with van der Waals surface area (Å²) in [5, 5.41) is 21.6. The summed E-state index contributed by atoms with van der Waals surface area (Å²) in [6, 6.07) is 0. The second-order valence-corrected chi connectivity index (χ2v) is 10.7. The Kier molecular flexibility index (Phi) is 4.76. The molecule has 2 N–H and O–H groups in total. The van der Waals surface area contributed by atoms with Gasteiger partial charge in [-0.05, 0) is 74.7 Å². The quantitative estimate of drug-likeness (QED) is 0.545. The molecule has 4 saturated carbocycles. The van der Waals surface area contributed by atoms with Crippen LogP contribution in [0.4, 0.5) is 0 Å². The summed E-state index contributed by atoms with van der Waals surface area (Å²) in [6.07, 6.45) is 8.85. The third-order valence-corrected chi connectivity index (χ3v) is 9.50. The molecule has 0 radical (unpaired) electrons. The number of Topliss-reactive ketones (excluding diaryl/α,β-unsaturated/α-hetero) is 1. The fourth-order valence-electron chi connectivity index (χ4n) is 7.71. The average molecular weight is 402 g/mol. The Morgan fingerprint density at radius 3 is 2.72 bits per heavy atom. The number of ketones is 1. The maximum Gasteiger partial charge on any atom is 0.141 e. The minimum Gasteiger partial charge on any atom is -0.411 e. The van der Waals surface area contributed by atoms with Gasteiger partial charge in [-0.1, -0.05) is 24.2 Å². The van der Waals surface area contributed by atoms with Gasteiger partial charge < -0.3 is 15.4 Å². The van der Waals surface area contributed by atoms with E-state index in [0.717, 1.165) is 82.3 Å². The van der Waals surface area contributed by atoms with Crippen LogP contribution in [0.5, 0.6) is 0 Å². The van der Waals surface area contributed by atoms with E-state index in [1.807, 2.05) is 0 Å². The van der Waals surface area contributed by atoms with Crippen LogP contribution >= 0.6 is 0 Å². The van der Waals surface area contributed by atoms with Crippen LogP contribution in [-0.4, -0.2) is 41.6 Å². The Bertz CT molecular complexity index is 744. The van der Waals surface area contributed by atoms with Crippen molar-refractivity contribution in [2.24, 2.45) is 44.8 Å². The molecule has 5 fully saturated rings. The molecule has 7 atom stereocenters. The fraction of sp³-hybridized carbons (Fsp3) is 0.870. The highest BCUT2D eigenvalue weighted by molar-refractivity contribution is 5.96. The molecule has 5 rings (SSSR count). The largest absolute Gasteiger partial charge is 0.411 e. The molecule has 1 aliphatic heterocycles. The molecule has 1 saturated heterocycles. The molecule has 0 aromatic heterocycles. The summed E-state index contributed by atoms with van der Waals surface area (Å²) in [5.74, 6) is 2.26. The number of hydrogen-bond donors (Lipinski definition) is 2. The number of oxime groups is 2. The standard InChI is InChI=1S/C23H35N3O3/c1-22-8-5-14(26-29-15-7-10-24-13-15)11-19(22)20(25-28)12-16-17-3-4-21(27)23(17,2)9-6-18(16)22/h15-19,24,28H,3-13H2,1-2H3/b25-20+,26-14?/t15-,16+,17+,18+,19-,22-,23+/m1/s1. The molecule has 4 aliphatic carbocycles. The number of fused-ring (bicyclic) bond motifs is 5. The summed E-state index contributed by atoms with van der Waals surface area (Å²) >= 11 is 0. The molecule has 160 valence electrons. The van der Waals surface area contributed by atoms with Crippen LogP contribution < -0.4 is 5.32 Å². The van der Waals surface area contributed by atoms with Gasteiger partial charge in [0.25, 0.3) is 0 Å². The SMILES string of the molecule is C[C@]12CCC(=NO[C@@H]3CCNC3)C[C@@H]1/C(=N/O)C[C@@H]1[C@@H]2CC[C@]2(C)C(=O)CC[C@@H]12. The zero-order valence-corrected chi connectivity index (χ0v) is 17.8. The summed E-state index contributed by atoms with van der Waals surface area (Å²) in [5.41, 5.74) is 2.05. The number of nitrogens with one attached hydrogen (secondary N) is 1. The van der Waals surface area contributed by atoms with Crippen LogP contribution in [0.3, 0.4) is 0 Å². The molecule has 0 aromatic carbocycles. The van der Waals surface area contributed by atoms with Crippen molar-refractivity contribution in [1.82, 2.24) is 5.32 Å². The summed E-state index contributed by atoms with van der Waals surface area (Å²) in [6.45, 7) is 6.50. The van der Waals surface area contributed by atoms with E-state index < -0.39 is 0 Å². The summed E-state index contributed by atoms with van der Waals surface area (Å²) in [4.78, 5) is 18.4. The predicted molar refractivity (Wildman–Crippen MR) is 111 cm³/mol. The van der Waals surface area contributed by atoms with Crippen molar-refractivity contribution in [2.75, 3.05) is 13.1 Å². The van der Waals surface area contributed by atoms with Gasteiger partial charge in [0.05, 0.1) is 11.4 Å². The predicted octanol–water partition coefficient (Wildman–Crippen LogP) is 3.77. The van der Waals surface area contributed by atoms with E-state index in [2.05, 4.69) is 29.5 Å². The second-order valence-electron chi connectivity index (χ2n) is 10.7. The van der Waals surface area contributed by atoms with Gasteiger partial charge in [0.1, 0.15) is 11.9 Å². The van der Waals surface area contributed by atoms with Crippen molar-refractivity contribution >= 4 is 17.2 Å². The molecule has 6 heteroatoms. The lowest BCUT2D eigenvalue weighted by molar-refractivity contribution is -0.133. The zero-order chi connectivity index (χ0) is 20.2. The number of nitrogens with zero attached hydrogens (tertiary/aromatic N) is 2. The number of rotatable bonds is 2. The van der Waals surface area contributed by atoms with Gasteiger partial charge in [-0.2, -0.15) is 0 Å². The van der Waals surface area contributed by atoms with Gasteiger partial charge in [0.15, 0.2) is 0 Å². The van der Waals surface area contributed by atoms with Gasteiger partial charge in [-0.15, -0.1) is 0 Å². The molecule has 0 amide bonds. The van der Waals surface area contributed by atoms with E-state index in [1.165, 1.54) is 0 Å². The molecule has 5 aliphatic rings. The fourth-order valence-corrected chi connectivity index (χ4v) is 7.71. The first-order valence-electron chi connectivity index (χ1n) is 11.6. The lowest BCUT2D eigenvalue weighted by atomic mass is 9.45. The maximum atomic E-state index is 12.6. The minimum absolute atomic E-state index is 0.130. The van der Waals surface area contributed by atoms with Crippen molar-refractivity contribution in [1.29, 1.82) is 0 Å². The first kappa shape index (κ1) is 19.5. The van der Waals surface area contributed by atoms with Crippen molar-refractivity contribution in [3.05, 3.63) is 0 Å². The molecule has 29 heavy (non-hydrogen) atoms. The second kappa shape index (κ2) is 7.07. The van der Waals surface area contributed by atoms with Crippen LogP contribution in [0.25, 0.3) is 0 Å². The highest BCUT2D eigenvalue weighted by Crippen LogP contribution is 2.64. The van der Waals surface area contributed by atoms with E-state index in [1.54, 1.807) is 0 Å². The van der Waals surface area contributed by atoms with Crippen LogP contribution in [-0.2, 0) is 9.63 Å². The molecule has 0 aromatic rings. The van der Waals surface area contributed by atoms with Gasteiger partial charge >= 0.3 is 0 Å². The normalized spacial score (nSPS) is 49.7. The van der Waals surface area contributed by atoms with E-state index in [0.29, 0.717) is 23.5 Å². The molecule has 1 heterocycles. The first-order valence-corrected chi connectivity index (χ1v) is 11.6. The Morgan fingerprint density at radius 1 is 1.10 bits per heavy atom. The molecule has 6 nitrogen and oxygen atoms in total. The van der Waals surface area contributed by atoms with Crippen molar-refractivity contribution in [2.45, 2.75) is 77.7 Å². The van der Waals surface area contributed by atoms with E-state index in [9.17, 15) is 10.0 Å². The molecular weight excluding hydrogens is 366 g/mol. The van der Waals surface area contributed by atoms with E-state index in [-0.39, 0.29) is 22.9 Å². The molecular formula is C23H35N3O3. The lowest BCUT2D eigenvalue weighted by Crippen LogP contribution is -2.56.